The van der Waals surface area contributed by atoms with E-state index in [0.29, 0.717) is 0 Å². The smallest absolute Gasteiger partial charge is 0.240 e. The second kappa shape index (κ2) is 6.13. The van der Waals surface area contributed by atoms with Gasteiger partial charge in [0.1, 0.15) is 0 Å². The van der Waals surface area contributed by atoms with Crippen LogP contribution in [0.3, 0.4) is 0 Å². The number of rotatable bonds is 5. The van der Waals surface area contributed by atoms with Crippen LogP contribution in [0.25, 0.3) is 0 Å². The number of nitrogens with one attached hydrogen (secondary N) is 1. The summed E-state index contributed by atoms with van der Waals surface area (Å²) in [5.74, 6) is 0. The molecule has 1 atom stereocenters. The van der Waals surface area contributed by atoms with Gasteiger partial charge in [-0.3, -0.25) is 4.98 Å². The van der Waals surface area contributed by atoms with Crippen molar-refractivity contribution in [2.75, 3.05) is 0 Å². The van der Waals surface area contributed by atoms with Gasteiger partial charge >= 0.3 is 0 Å². The maximum absolute atomic E-state index is 12.2. The fourth-order valence-corrected chi connectivity index (χ4v) is 2.80. The van der Waals surface area contributed by atoms with Gasteiger partial charge in [0.05, 0.1) is 4.90 Å². The quantitative estimate of drug-likeness (QED) is 0.876. The molecule has 0 saturated carbocycles. The minimum Gasteiger partial charge on any atom is -0.324 e. The van der Waals surface area contributed by atoms with Crippen LogP contribution in [0.4, 0.5) is 0 Å². The molecular weight excluding hydrogens is 274 g/mol. The molecule has 6 heteroatoms. The highest BCUT2D eigenvalue weighted by Gasteiger charge is 2.14. The van der Waals surface area contributed by atoms with E-state index in [9.17, 15) is 8.42 Å². The molecule has 1 heterocycles. The molecule has 0 aliphatic rings. The predicted molar refractivity (Wildman–Crippen MR) is 77.3 cm³/mol. The van der Waals surface area contributed by atoms with E-state index < -0.39 is 10.0 Å². The van der Waals surface area contributed by atoms with Crippen molar-refractivity contribution in [1.82, 2.24) is 9.71 Å². The fraction of sp³-hybridized carbons (Fsp3) is 0.214. The van der Waals surface area contributed by atoms with E-state index in [1.807, 2.05) is 13.0 Å². The Morgan fingerprint density at radius 1 is 1.25 bits per heavy atom. The summed E-state index contributed by atoms with van der Waals surface area (Å²) < 4.78 is 27.0. The van der Waals surface area contributed by atoms with Gasteiger partial charge in [-0.25, -0.2) is 13.1 Å². The van der Waals surface area contributed by atoms with Crippen molar-refractivity contribution < 1.29 is 8.42 Å². The van der Waals surface area contributed by atoms with Crippen LogP contribution >= 0.6 is 0 Å². The van der Waals surface area contributed by atoms with Crippen LogP contribution in [-0.4, -0.2) is 13.4 Å². The van der Waals surface area contributed by atoms with Crippen LogP contribution < -0.4 is 10.5 Å². The lowest BCUT2D eigenvalue weighted by atomic mass is 10.1. The SMILES string of the molecule is CC(N)c1cccc(S(=O)(=O)NCc2ccncc2)c1. The molecular formula is C14H17N3O2S. The first-order chi connectivity index (χ1) is 9.49. The summed E-state index contributed by atoms with van der Waals surface area (Å²) in [6.45, 7) is 2.05. The number of aromatic nitrogens is 1. The van der Waals surface area contributed by atoms with Crippen LogP contribution in [0.2, 0.25) is 0 Å². The zero-order valence-electron chi connectivity index (χ0n) is 11.2. The van der Waals surface area contributed by atoms with E-state index in [1.54, 1.807) is 42.7 Å². The van der Waals surface area contributed by atoms with E-state index in [2.05, 4.69) is 9.71 Å². The molecule has 3 N–H and O–H groups in total. The standard InChI is InChI=1S/C14H17N3O2S/c1-11(15)13-3-2-4-14(9-13)20(18,19)17-10-12-5-7-16-8-6-12/h2-9,11,17H,10,15H2,1H3. The second-order valence-corrected chi connectivity index (χ2v) is 6.31. The van der Waals surface area contributed by atoms with Crippen LogP contribution in [0.15, 0.2) is 53.7 Å². The first-order valence-corrected chi connectivity index (χ1v) is 7.71. The van der Waals surface area contributed by atoms with Crippen molar-refractivity contribution in [1.29, 1.82) is 0 Å². The third-order valence-electron chi connectivity index (χ3n) is 2.91. The lowest BCUT2D eigenvalue weighted by Gasteiger charge is -2.10. The third-order valence-corrected chi connectivity index (χ3v) is 4.31. The molecule has 106 valence electrons. The van der Waals surface area contributed by atoms with Gasteiger partial charge in [-0.1, -0.05) is 12.1 Å². The highest BCUT2D eigenvalue weighted by atomic mass is 32.2. The van der Waals surface area contributed by atoms with Gasteiger partial charge in [0.15, 0.2) is 0 Å². The Morgan fingerprint density at radius 3 is 2.60 bits per heavy atom. The molecule has 5 nitrogen and oxygen atoms in total. The molecule has 0 amide bonds. The van der Waals surface area contributed by atoms with Crippen LogP contribution in [0, 0.1) is 0 Å². The summed E-state index contributed by atoms with van der Waals surface area (Å²) in [4.78, 5) is 4.11. The van der Waals surface area contributed by atoms with Gasteiger partial charge < -0.3 is 5.73 Å². The Bertz CT molecular complexity index is 670. The maximum Gasteiger partial charge on any atom is 0.240 e. The van der Waals surface area contributed by atoms with E-state index >= 15 is 0 Å². The Morgan fingerprint density at radius 2 is 1.95 bits per heavy atom. The average molecular weight is 291 g/mol. The molecule has 0 saturated heterocycles. The van der Waals surface area contributed by atoms with Crippen molar-refractivity contribution in [3.05, 3.63) is 59.9 Å². The fourth-order valence-electron chi connectivity index (χ4n) is 1.73. The van der Waals surface area contributed by atoms with E-state index in [0.717, 1.165) is 11.1 Å². The number of nitrogens with two attached hydrogens (primary N) is 1. The van der Waals surface area contributed by atoms with E-state index in [1.165, 1.54) is 0 Å². The molecule has 0 aliphatic heterocycles. The van der Waals surface area contributed by atoms with Crippen molar-refractivity contribution in [2.45, 2.75) is 24.4 Å². The summed E-state index contributed by atoms with van der Waals surface area (Å²) in [5.41, 5.74) is 7.41. The van der Waals surface area contributed by atoms with Gasteiger partial charge in [-0.05, 0) is 42.3 Å². The summed E-state index contributed by atoms with van der Waals surface area (Å²) in [6, 6.07) is 9.99. The number of pyridine rings is 1. The molecule has 2 rings (SSSR count). The van der Waals surface area contributed by atoms with Crippen LogP contribution in [0.1, 0.15) is 24.1 Å². The summed E-state index contributed by atoms with van der Waals surface area (Å²) >= 11 is 0. The lowest BCUT2D eigenvalue weighted by Crippen LogP contribution is -2.23. The molecule has 20 heavy (non-hydrogen) atoms. The van der Waals surface area contributed by atoms with Gasteiger partial charge in [0.25, 0.3) is 0 Å². The highest BCUT2D eigenvalue weighted by Crippen LogP contribution is 2.16. The number of benzene rings is 1. The van der Waals surface area contributed by atoms with Crippen molar-refractivity contribution in [3.63, 3.8) is 0 Å². The molecule has 1 aromatic carbocycles. The largest absolute Gasteiger partial charge is 0.324 e. The topological polar surface area (TPSA) is 85.1 Å². The third kappa shape index (κ3) is 3.63. The van der Waals surface area contributed by atoms with Crippen molar-refractivity contribution in [2.24, 2.45) is 5.73 Å². The number of hydrogen-bond acceptors (Lipinski definition) is 4. The molecule has 0 fully saturated rings. The second-order valence-electron chi connectivity index (χ2n) is 4.54. The summed E-state index contributed by atoms with van der Waals surface area (Å²) in [7, 11) is -3.54. The first-order valence-electron chi connectivity index (χ1n) is 6.23. The van der Waals surface area contributed by atoms with Crippen LogP contribution in [-0.2, 0) is 16.6 Å². The molecule has 0 bridgehead atoms. The Balaban J connectivity index is 2.16. The zero-order valence-corrected chi connectivity index (χ0v) is 12.0. The Labute approximate surface area is 118 Å². The van der Waals surface area contributed by atoms with Gasteiger partial charge in [-0.2, -0.15) is 0 Å². The van der Waals surface area contributed by atoms with Gasteiger partial charge in [-0.15, -0.1) is 0 Å². The lowest BCUT2D eigenvalue weighted by molar-refractivity contribution is 0.581. The van der Waals surface area contributed by atoms with Gasteiger partial charge in [0, 0.05) is 25.0 Å². The maximum atomic E-state index is 12.2. The highest BCUT2D eigenvalue weighted by molar-refractivity contribution is 7.89. The average Bonchev–Trinajstić information content (AvgIpc) is 2.46. The predicted octanol–water partition coefficient (Wildman–Crippen LogP) is 1.58. The van der Waals surface area contributed by atoms with Gasteiger partial charge in [0.2, 0.25) is 10.0 Å². The molecule has 1 aromatic heterocycles. The summed E-state index contributed by atoms with van der Waals surface area (Å²) in [6.07, 6.45) is 3.25. The van der Waals surface area contributed by atoms with Crippen molar-refractivity contribution >= 4 is 10.0 Å². The molecule has 0 radical (unpaired) electrons. The zero-order chi connectivity index (χ0) is 14.6. The molecule has 2 aromatic rings. The van der Waals surface area contributed by atoms with Crippen molar-refractivity contribution in [3.8, 4) is 0 Å². The monoisotopic (exact) mass is 291 g/mol. The summed E-state index contributed by atoms with van der Waals surface area (Å²) in [5, 5.41) is 0. The normalized spacial score (nSPS) is 13.1. The molecule has 1 unspecified atom stereocenters. The number of sulfonamides is 1. The molecule has 0 spiro atoms. The number of nitrogens with zero attached hydrogens (tertiary/aromatic N) is 1. The Kier molecular flexibility index (Phi) is 4.49. The van der Waals surface area contributed by atoms with E-state index in [-0.39, 0.29) is 17.5 Å². The minimum atomic E-state index is -3.54. The molecule has 0 aliphatic carbocycles. The number of hydrogen-bond donors (Lipinski definition) is 2. The Hall–Kier alpha value is -1.76. The first kappa shape index (κ1) is 14.6. The van der Waals surface area contributed by atoms with E-state index in [4.69, 9.17) is 5.73 Å². The van der Waals surface area contributed by atoms with Crippen LogP contribution in [0.5, 0.6) is 0 Å². The minimum absolute atomic E-state index is 0.203.